The SMILES string of the molecule is COc1cc2c(c3c1c(=O)c1ccccc1n3C)[C@@H](O)[C@@H](OC(C)=O)C(C)(C)O2. The van der Waals surface area contributed by atoms with Crippen molar-refractivity contribution in [2.75, 3.05) is 7.11 Å². The number of benzene rings is 2. The average Bonchev–Trinajstić information content (AvgIpc) is 2.67. The van der Waals surface area contributed by atoms with Gasteiger partial charge in [-0.05, 0) is 26.0 Å². The van der Waals surface area contributed by atoms with Gasteiger partial charge in [-0.3, -0.25) is 9.59 Å². The summed E-state index contributed by atoms with van der Waals surface area (Å²) < 4.78 is 18.9. The Hall–Kier alpha value is -3.06. The lowest BCUT2D eigenvalue weighted by molar-refractivity contribution is -0.174. The lowest BCUT2D eigenvalue weighted by atomic mass is 9.86. The standard InChI is InChI=1S/C22H23NO6/c1-11(24)28-21-20(26)17-15(29-22(21,2)3)10-14(27-5)16-18(17)23(4)13-9-7-6-8-12(13)19(16)25/h6-10,20-21,26H,1-5H3/t20-,21-/m1/s1. The molecule has 0 amide bonds. The summed E-state index contributed by atoms with van der Waals surface area (Å²) in [5.74, 6) is 0.228. The van der Waals surface area contributed by atoms with Crippen LogP contribution in [0, 0.1) is 0 Å². The second-order valence-electron chi connectivity index (χ2n) is 7.80. The van der Waals surface area contributed by atoms with Gasteiger partial charge in [0.15, 0.2) is 6.10 Å². The molecule has 7 nitrogen and oxygen atoms in total. The van der Waals surface area contributed by atoms with Gasteiger partial charge in [0.2, 0.25) is 5.43 Å². The first-order chi connectivity index (χ1) is 13.7. The highest BCUT2D eigenvalue weighted by Crippen LogP contribution is 2.47. The molecule has 0 aliphatic carbocycles. The predicted molar refractivity (Wildman–Crippen MR) is 108 cm³/mol. The van der Waals surface area contributed by atoms with Crippen molar-refractivity contribution >= 4 is 27.8 Å². The largest absolute Gasteiger partial charge is 0.496 e. The van der Waals surface area contributed by atoms with Crippen LogP contribution in [0.3, 0.4) is 0 Å². The molecule has 4 rings (SSSR count). The molecule has 0 saturated heterocycles. The molecular formula is C22H23NO6. The molecule has 2 atom stereocenters. The zero-order valence-corrected chi connectivity index (χ0v) is 17.0. The van der Waals surface area contributed by atoms with Crippen LogP contribution in [0.4, 0.5) is 0 Å². The molecule has 0 unspecified atom stereocenters. The quantitative estimate of drug-likeness (QED) is 0.529. The Bertz CT molecular complexity index is 1210. The average molecular weight is 397 g/mol. The fraction of sp³-hybridized carbons (Fsp3) is 0.364. The van der Waals surface area contributed by atoms with Gasteiger partial charge in [-0.15, -0.1) is 0 Å². The van der Waals surface area contributed by atoms with Gasteiger partial charge in [0.25, 0.3) is 0 Å². The summed E-state index contributed by atoms with van der Waals surface area (Å²) in [6, 6.07) is 8.86. The van der Waals surface area contributed by atoms with Crippen LogP contribution in [0.25, 0.3) is 21.8 Å². The predicted octanol–water partition coefficient (Wildman–Crippen LogP) is 2.84. The van der Waals surface area contributed by atoms with Gasteiger partial charge >= 0.3 is 5.97 Å². The number of aromatic nitrogens is 1. The highest BCUT2D eigenvalue weighted by atomic mass is 16.6. The molecule has 0 fully saturated rings. The fourth-order valence-electron chi connectivity index (χ4n) is 4.21. The molecule has 2 heterocycles. The minimum Gasteiger partial charge on any atom is -0.496 e. The number of methoxy groups -OCH3 is 1. The lowest BCUT2D eigenvalue weighted by Crippen LogP contribution is -2.51. The van der Waals surface area contributed by atoms with Crippen molar-refractivity contribution in [2.24, 2.45) is 7.05 Å². The monoisotopic (exact) mass is 397 g/mol. The normalized spacial score (nSPS) is 20.2. The zero-order valence-electron chi connectivity index (χ0n) is 17.0. The van der Waals surface area contributed by atoms with Crippen molar-refractivity contribution in [3.63, 3.8) is 0 Å². The summed E-state index contributed by atoms with van der Waals surface area (Å²) >= 11 is 0. The molecule has 7 heteroatoms. The Kier molecular flexibility index (Phi) is 4.31. The molecule has 0 saturated carbocycles. The Morgan fingerprint density at radius 2 is 1.97 bits per heavy atom. The molecule has 0 radical (unpaired) electrons. The molecule has 152 valence electrons. The molecule has 3 aromatic rings. The number of carbonyl (C=O) groups is 1. The molecule has 29 heavy (non-hydrogen) atoms. The third-order valence-electron chi connectivity index (χ3n) is 5.49. The number of esters is 1. The van der Waals surface area contributed by atoms with E-state index < -0.39 is 23.8 Å². The van der Waals surface area contributed by atoms with Crippen LogP contribution in [0.15, 0.2) is 35.1 Å². The van der Waals surface area contributed by atoms with E-state index in [2.05, 4.69) is 0 Å². The molecule has 0 spiro atoms. The fourth-order valence-corrected chi connectivity index (χ4v) is 4.21. The lowest BCUT2D eigenvalue weighted by Gasteiger charge is -2.42. The van der Waals surface area contributed by atoms with Crippen molar-refractivity contribution in [3.8, 4) is 11.5 Å². The van der Waals surface area contributed by atoms with E-state index in [1.165, 1.54) is 14.0 Å². The minimum atomic E-state index is -1.18. The van der Waals surface area contributed by atoms with Gasteiger partial charge in [-0.25, -0.2) is 0 Å². The Morgan fingerprint density at radius 1 is 1.28 bits per heavy atom. The number of hydrogen-bond donors (Lipinski definition) is 1. The number of nitrogens with zero attached hydrogens (tertiary/aromatic N) is 1. The maximum Gasteiger partial charge on any atom is 0.303 e. The smallest absolute Gasteiger partial charge is 0.303 e. The summed E-state index contributed by atoms with van der Waals surface area (Å²) in [5, 5.41) is 12.1. The Balaban J connectivity index is 2.16. The van der Waals surface area contributed by atoms with Crippen molar-refractivity contribution in [2.45, 2.75) is 38.6 Å². The number of para-hydroxylation sites is 1. The third kappa shape index (κ3) is 2.76. The van der Waals surface area contributed by atoms with Crippen molar-refractivity contribution < 1.29 is 24.1 Å². The summed E-state index contributed by atoms with van der Waals surface area (Å²) in [6.45, 7) is 4.76. The van der Waals surface area contributed by atoms with Gasteiger partial charge in [0.1, 0.15) is 23.2 Å². The molecule has 2 aromatic carbocycles. The van der Waals surface area contributed by atoms with Crippen LogP contribution < -0.4 is 14.9 Å². The van der Waals surface area contributed by atoms with Crippen LogP contribution in [0.2, 0.25) is 0 Å². The summed E-state index contributed by atoms with van der Waals surface area (Å²) in [4.78, 5) is 25.0. The summed E-state index contributed by atoms with van der Waals surface area (Å²) in [6.07, 6.45) is -2.12. The topological polar surface area (TPSA) is 87.0 Å². The number of ether oxygens (including phenoxy) is 3. The van der Waals surface area contributed by atoms with E-state index in [-0.39, 0.29) is 5.43 Å². The van der Waals surface area contributed by atoms with Gasteiger partial charge < -0.3 is 23.9 Å². The zero-order chi connectivity index (χ0) is 21.1. The molecular weight excluding hydrogens is 374 g/mol. The van der Waals surface area contributed by atoms with E-state index in [0.29, 0.717) is 38.9 Å². The van der Waals surface area contributed by atoms with Crippen molar-refractivity contribution in [3.05, 3.63) is 46.1 Å². The van der Waals surface area contributed by atoms with Crippen LogP contribution >= 0.6 is 0 Å². The molecule has 0 bridgehead atoms. The number of rotatable bonds is 2. The van der Waals surface area contributed by atoms with Crippen LogP contribution in [-0.4, -0.2) is 34.5 Å². The first-order valence-electron chi connectivity index (χ1n) is 9.34. The Labute approximate surface area is 167 Å². The Morgan fingerprint density at radius 3 is 2.62 bits per heavy atom. The van der Waals surface area contributed by atoms with E-state index in [1.54, 1.807) is 32.0 Å². The van der Waals surface area contributed by atoms with E-state index in [0.717, 1.165) is 0 Å². The first kappa shape index (κ1) is 19.3. The third-order valence-corrected chi connectivity index (χ3v) is 5.49. The maximum atomic E-state index is 13.3. The number of aliphatic hydroxyl groups excluding tert-OH is 1. The van der Waals surface area contributed by atoms with Crippen molar-refractivity contribution in [1.82, 2.24) is 4.57 Å². The second-order valence-corrected chi connectivity index (χ2v) is 7.80. The molecule has 1 N–H and O–H groups in total. The van der Waals surface area contributed by atoms with E-state index >= 15 is 0 Å². The number of carbonyl (C=O) groups excluding carboxylic acids is 1. The van der Waals surface area contributed by atoms with Crippen LogP contribution in [0.5, 0.6) is 11.5 Å². The number of aliphatic hydroxyl groups is 1. The second kappa shape index (κ2) is 6.49. The van der Waals surface area contributed by atoms with Crippen molar-refractivity contribution in [1.29, 1.82) is 0 Å². The van der Waals surface area contributed by atoms with Crippen LogP contribution in [-0.2, 0) is 16.6 Å². The van der Waals surface area contributed by atoms with Gasteiger partial charge in [0.05, 0.1) is 29.1 Å². The summed E-state index contributed by atoms with van der Waals surface area (Å²) in [5.41, 5.74) is 0.419. The number of pyridine rings is 1. The highest BCUT2D eigenvalue weighted by Gasteiger charge is 2.47. The first-order valence-corrected chi connectivity index (χ1v) is 9.34. The minimum absolute atomic E-state index is 0.200. The number of aryl methyl sites for hydroxylation is 1. The number of hydrogen-bond acceptors (Lipinski definition) is 6. The molecule has 1 aliphatic rings. The molecule has 1 aromatic heterocycles. The van der Waals surface area contributed by atoms with Crippen LogP contribution in [0.1, 0.15) is 32.4 Å². The molecule has 1 aliphatic heterocycles. The van der Waals surface area contributed by atoms with Gasteiger partial charge in [0, 0.05) is 25.4 Å². The van der Waals surface area contributed by atoms with Gasteiger partial charge in [-0.2, -0.15) is 0 Å². The van der Waals surface area contributed by atoms with Gasteiger partial charge in [-0.1, -0.05) is 12.1 Å². The number of fused-ring (bicyclic) bond motifs is 4. The van der Waals surface area contributed by atoms with E-state index in [1.807, 2.05) is 23.7 Å². The summed E-state index contributed by atoms with van der Waals surface area (Å²) in [7, 11) is 3.30. The van der Waals surface area contributed by atoms with E-state index in [4.69, 9.17) is 14.2 Å². The highest BCUT2D eigenvalue weighted by molar-refractivity contribution is 5.99. The maximum absolute atomic E-state index is 13.3. The van der Waals surface area contributed by atoms with E-state index in [9.17, 15) is 14.7 Å².